The van der Waals surface area contributed by atoms with Gasteiger partial charge in [0.1, 0.15) is 0 Å². The molecule has 2 aliphatic rings. The Morgan fingerprint density at radius 1 is 1.19 bits per heavy atom. The molecule has 2 heterocycles. The number of benzene rings is 1. The van der Waals surface area contributed by atoms with Crippen LogP contribution < -0.4 is 5.32 Å². The van der Waals surface area contributed by atoms with Crippen molar-refractivity contribution in [2.24, 2.45) is 5.41 Å². The lowest BCUT2D eigenvalue weighted by Gasteiger charge is -2.32. The maximum Gasteiger partial charge on any atom is 0.257 e. The van der Waals surface area contributed by atoms with Crippen molar-refractivity contribution < 1.29 is 18.0 Å². The summed E-state index contributed by atoms with van der Waals surface area (Å²) >= 11 is 1.20. The Hall–Kier alpha value is -2.10. The molecule has 0 spiro atoms. The molecule has 9 heteroatoms. The Labute approximate surface area is 186 Å². The summed E-state index contributed by atoms with van der Waals surface area (Å²) in [6.07, 6.45) is 3.93. The molecule has 166 valence electrons. The number of fused-ring (bicyclic) bond motifs is 1. The van der Waals surface area contributed by atoms with E-state index in [2.05, 4.69) is 10.3 Å². The number of amides is 1. The van der Waals surface area contributed by atoms with E-state index in [1.54, 1.807) is 4.31 Å². The molecule has 31 heavy (non-hydrogen) atoms. The molecule has 1 aliphatic carbocycles. The van der Waals surface area contributed by atoms with E-state index in [9.17, 15) is 18.0 Å². The van der Waals surface area contributed by atoms with Crippen molar-refractivity contribution in [1.29, 1.82) is 0 Å². The fourth-order valence-corrected chi connectivity index (χ4v) is 6.90. The van der Waals surface area contributed by atoms with Gasteiger partial charge in [-0.05, 0) is 55.9 Å². The van der Waals surface area contributed by atoms with Crippen LogP contribution in [0, 0.1) is 5.41 Å². The smallest absolute Gasteiger partial charge is 0.257 e. The third-order valence-electron chi connectivity index (χ3n) is 5.92. The maximum atomic E-state index is 13.0. The van der Waals surface area contributed by atoms with Crippen LogP contribution in [-0.4, -0.2) is 42.0 Å². The molecule has 7 nitrogen and oxygen atoms in total. The fraction of sp³-hybridized carbons (Fsp3) is 0.500. The van der Waals surface area contributed by atoms with Gasteiger partial charge < -0.3 is 0 Å². The summed E-state index contributed by atoms with van der Waals surface area (Å²) < 4.78 is 27.4. The average Bonchev–Trinajstić information content (AvgIpc) is 3.09. The summed E-state index contributed by atoms with van der Waals surface area (Å²) in [6, 6.07) is 5.96. The second-order valence-corrected chi connectivity index (χ2v) is 12.1. The van der Waals surface area contributed by atoms with Crippen molar-refractivity contribution in [3.63, 3.8) is 0 Å². The average molecular weight is 462 g/mol. The number of nitrogens with zero attached hydrogens (tertiary/aromatic N) is 2. The second kappa shape index (κ2) is 8.11. The Balaban J connectivity index is 1.49. The SMILES string of the molecule is C[C@@H]1CCCCN1S(=O)(=O)c1ccc(C(=O)Nc2nc3c(s2)C(=O)CC(C)(C)C3)cc1. The molecule has 1 N–H and O–H groups in total. The summed E-state index contributed by atoms with van der Waals surface area (Å²) in [6.45, 7) is 6.52. The van der Waals surface area contributed by atoms with Crippen LogP contribution in [0.3, 0.4) is 0 Å². The highest BCUT2D eigenvalue weighted by Crippen LogP contribution is 2.38. The number of thiazole rings is 1. The van der Waals surface area contributed by atoms with Gasteiger partial charge in [-0.3, -0.25) is 14.9 Å². The van der Waals surface area contributed by atoms with Gasteiger partial charge in [0.05, 0.1) is 15.5 Å². The molecule has 1 aromatic carbocycles. The lowest BCUT2D eigenvalue weighted by molar-refractivity contribution is 0.0915. The largest absolute Gasteiger partial charge is 0.298 e. The van der Waals surface area contributed by atoms with Crippen LogP contribution in [0.2, 0.25) is 0 Å². The highest BCUT2D eigenvalue weighted by molar-refractivity contribution is 7.89. The zero-order valence-corrected chi connectivity index (χ0v) is 19.6. The molecule has 2 aromatic rings. The Bertz CT molecular complexity index is 1120. The molecule has 0 unspecified atom stereocenters. The minimum atomic E-state index is -3.58. The lowest BCUT2D eigenvalue weighted by Crippen LogP contribution is -2.41. The number of carbonyl (C=O) groups excluding carboxylic acids is 2. The second-order valence-electron chi connectivity index (χ2n) is 9.17. The molecule has 1 aliphatic heterocycles. The normalized spacial score (nSPS) is 21.5. The number of aromatic nitrogens is 1. The monoisotopic (exact) mass is 461 g/mol. The third kappa shape index (κ3) is 4.44. The number of rotatable bonds is 4. The quantitative estimate of drug-likeness (QED) is 0.739. The first kappa shape index (κ1) is 22.1. The molecule has 0 radical (unpaired) electrons. The van der Waals surface area contributed by atoms with Crippen LogP contribution in [0.15, 0.2) is 29.2 Å². The van der Waals surface area contributed by atoms with Crippen LogP contribution in [0.25, 0.3) is 0 Å². The molecule has 1 aromatic heterocycles. The van der Waals surface area contributed by atoms with E-state index in [0.29, 0.717) is 35.0 Å². The third-order valence-corrected chi connectivity index (χ3v) is 9.00. The zero-order valence-electron chi connectivity index (χ0n) is 18.0. The summed E-state index contributed by atoms with van der Waals surface area (Å²) in [7, 11) is -3.58. The highest BCUT2D eigenvalue weighted by Gasteiger charge is 2.34. The molecular weight excluding hydrogens is 434 g/mol. The van der Waals surface area contributed by atoms with Gasteiger partial charge in [-0.25, -0.2) is 13.4 Å². The zero-order chi connectivity index (χ0) is 22.4. The van der Waals surface area contributed by atoms with Crippen molar-refractivity contribution in [2.45, 2.75) is 63.8 Å². The van der Waals surface area contributed by atoms with Gasteiger partial charge in [0.25, 0.3) is 5.91 Å². The fourth-order valence-electron chi connectivity index (χ4n) is 4.29. The van der Waals surface area contributed by atoms with Gasteiger partial charge in [-0.2, -0.15) is 4.31 Å². The topological polar surface area (TPSA) is 96.4 Å². The number of hydrogen-bond donors (Lipinski definition) is 1. The number of carbonyl (C=O) groups is 2. The van der Waals surface area contributed by atoms with Gasteiger partial charge >= 0.3 is 0 Å². The number of hydrogen-bond acceptors (Lipinski definition) is 6. The summed E-state index contributed by atoms with van der Waals surface area (Å²) in [4.78, 5) is 30.3. The number of Topliss-reactive ketones (excluding diaryl/α,β-unsaturated/α-hetero) is 1. The Kier molecular flexibility index (Phi) is 5.78. The van der Waals surface area contributed by atoms with Crippen molar-refractivity contribution in [2.75, 3.05) is 11.9 Å². The van der Waals surface area contributed by atoms with Crippen molar-refractivity contribution in [1.82, 2.24) is 9.29 Å². The summed E-state index contributed by atoms with van der Waals surface area (Å²) in [5, 5.41) is 3.14. The Morgan fingerprint density at radius 3 is 2.58 bits per heavy atom. The van der Waals surface area contributed by atoms with Crippen LogP contribution in [0.5, 0.6) is 0 Å². The van der Waals surface area contributed by atoms with Crippen molar-refractivity contribution in [3.8, 4) is 0 Å². The van der Waals surface area contributed by atoms with Crippen LogP contribution in [0.1, 0.15) is 72.2 Å². The number of sulfonamides is 1. The van der Waals surface area contributed by atoms with E-state index < -0.39 is 10.0 Å². The maximum absolute atomic E-state index is 13.0. The number of piperidine rings is 1. The van der Waals surface area contributed by atoms with Crippen molar-refractivity contribution >= 4 is 38.2 Å². The van der Waals surface area contributed by atoms with Gasteiger partial charge in [0.2, 0.25) is 10.0 Å². The predicted molar refractivity (Wildman–Crippen MR) is 120 cm³/mol. The van der Waals surface area contributed by atoms with Crippen LogP contribution >= 0.6 is 11.3 Å². The number of nitrogens with one attached hydrogen (secondary N) is 1. The van der Waals surface area contributed by atoms with E-state index in [1.807, 2.05) is 20.8 Å². The lowest BCUT2D eigenvalue weighted by atomic mass is 9.78. The molecule has 1 fully saturated rings. The molecule has 1 atom stereocenters. The van der Waals surface area contributed by atoms with E-state index in [1.165, 1.54) is 35.6 Å². The summed E-state index contributed by atoms with van der Waals surface area (Å²) in [5.74, 6) is -0.321. The highest BCUT2D eigenvalue weighted by atomic mass is 32.2. The summed E-state index contributed by atoms with van der Waals surface area (Å²) in [5.41, 5.74) is 0.941. The van der Waals surface area contributed by atoms with E-state index in [4.69, 9.17) is 0 Å². The standard InChI is InChI=1S/C22H27N3O4S2/c1-14-6-4-5-11-25(14)31(28,29)16-9-7-15(8-10-16)20(27)24-21-23-17-12-22(2,3)13-18(26)19(17)30-21/h7-10,14H,4-6,11-13H2,1-3H3,(H,23,24,27)/t14-/m1/s1. The molecule has 1 amide bonds. The Morgan fingerprint density at radius 2 is 1.90 bits per heavy atom. The van der Waals surface area contributed by atoms with Gasteiger partial charge in [0.15, 0.2) is 10.9 Å². The number of anilines is 1. The molecule has 4 rings (SSSR count). The predicted octanol–water partition coefficient (Wildman–Crippen LogP) is 4.11. The van der Waals surface area contributed by atoms with E-state index in [-0.39, 0.29) is 28.0 Å². The van der Waals surface area contributed by atoms with E-state index >= 15 is 0 Å². The number of ketones is 1. The molecule has 1 saturated heterocycles. The van der Waals surface area contributed by atoms with E-state index in [0.717, 1.165) is 25.0 Å². The van der Waals surface area contributed by atoms with Crippen LogP contribution in [-0.2, 0) is 16.4 Å². The minimum Gasteiger partial charge on any atom is -0.298 e. The first-order valence-electron chi connectivity index (χ1n) is 10.5. The first-order valence-corrected chi connectivity index (χ1v) is 12.8. The molecular formula is C22H27N3O4S2. The van der Waals surface area contributed by atoms with Gasteiger partial charge in [-0.1, -0.05) is 31.6 Å². The first-order chi connectivity index (χ1) is 14.6. The molecule has 0 saturated carbocycles. The van der Waals surface area contributed by atoms with Crippen molar-refractivity contribution in [3.05, 3.63) is 40.4 Å². The van der Waals surface area contributed by atoms with Crippen LogP contribution in [0.4, 0.5) is 5.13 Å². The molecule has 0 bridgehead atoms. The minimum absolute atomic E-state index is 0.0228. The van der Waals surface area contributed by atoms with Gasteiger partial charge in [-0.15, -0.1) is 0 Å². The van der Waals surface area contributed by atoms with Gasteiger partial charge in [0, 0.05) is 24.6 Å².